The molecule has 0 radical (unpaired) electrons. The highest BCUT2D eigenvalue weighted by Gasteiger charge is 2.22. The summed E-state index contributed by atoms with van der Waals surface area (Å²) in [5.41, 5.74) is 0. The van der Waals surface area contributed by atoms with E-state index in [2.05, 4.69) is 15.5 Å². The van der Waals surface area contributed by atoms with E-state index in [4.69, 9.17) is 0 Å². The molecule has 2 N–H and O–H groups in total. The van der Waals surface area contributed by atoms with Crippen molar-refractivity contribution < 1.29 is 5.11 Å². The highest BCUT2D eigenvalue weighted by Crippen LogP contribution is 2.17. The number of aliphatic hydroxyl groups excluding tert-OH is 1. The maximum Gasteiger partial charge on any atom is 0.161 e. The average Bonchev–Trinajstić information content (AvgIpc) is 2.31. The van der Waals surface area contributed by atoms with Gasteiger partial charge in [-0.05, 0) is 6.92 Å². The van der Waals surface area contributed by atoms with Crippen LogP contribution in [0.1, 0.15) is 24.9 Å². The molecule has 0 bridgehead atoms. The molecule has 1 atom stereocenters. The molecule has 1 aliphatic rings. The molecule has 0 saturated carbocycles. The zero-order valence-corrected chi connectivity index (χ0v) is 6.94. The van der Waals surface area contributed by atoms with E-state index in [1.165, 1.54) is 0 Å². The van der Waals surface area contributed by atoms with Gasteiger partial charge in [-0.25, -0.2) is 0 Å². The van der Waals surface area contributed by atoms with Gasteiger partial charge in [0.2, 0.25) is 0 Å². The van der Waals surface area contributed by atoms with Gasteiger partial charge in [0.05, 0.1) is 6.04 Å². The summed E-state index contributed by atoms with van der Waals surface area (Å²) in [5.74, 6) is 0.654. The number of aromatic nitrogens is 3. The minimum Gasteiger partial charge on any atom is -0.385 e. The second-order valence-electron chi connectivity index (χ2n) is 3.08. The molecular formula is C7H12N4O. The highest BCUT2D eigenvalue weighted by atomic mass is 16.3. The van der Waals surface area contributed by atoms with E-state index in [-0.39, 0.29) is 0 Å². The van der Waals surface area contributed by atoms with Crippen molar-refractivity contribution >= 4 is 0 Å². The Balaban J connectivity index is 2.23. The molecule has 1 fully saturated rings. The smallest absolute Gasteiger partial charge is 0.161 e. The van der Waals surface area contributed by atoms with Gasteiger partial charge in [-0.2, -0.15) is 0 Å². The summed E-state index contributed by atoms with van der Waals surface area (Å²) in [4.78, 5) is 0. The lowest BCUT2D eigenvalue weighted by Gasteiger charge is -2.29. The van der Waals surface area contributed by atoms with Crippen LogP contribution in [0, 0.1) is 0 Å². The lowest BCUT2D eigenvalue weighted by atomic mass is 10.2. The van der Waals surface area contributed by atoms with E-state index in [1.807, 2.05) is 4.57 Å². The molecule has 1 saturated heterocycles. The summed E-state index contributed by atoms with van der Waals surface area (Å²) in [6.07, 6.45) is 1.14. The van der Waals surface area contributed by atoms with Crippen LogP contribution >= 0.6 is 0 Å². The van der Waals surface area contributed by atoms with Crippen LogP contribution in [0.15, 0.2) is 6.33 Å². The third-order valence-electron chi connectivity index (χ3n) is 2.13. The molecule has 1 aliphatic heterocycles. The Morgan fingerprint density at radius 3 is 3.00 bits per heavy atom. The van der Waals surface area contributed by atoms with E-state index >= 15 is 0 Å². The Morgan fingerprint density at radius 2 is 2.50 bits per heavy atom. The highest BCUT2D eigenvalue weighted by molar-refractivity contribution is 4.96. The first-order chi connectivity index (χ1) is 5.79. The lowest BCUT2D eigenvalue weighted by Crippen LogP contribution is -2.43. The summed E-state index contributed by atoms with van der Waals surface area (Å²) in [7, 11) is 0. The van der Waals surface area contributed by atoms with Crippen LogP contribution in [-0.4, -0.2) is 33.0 Å². The van der Waals surface area contributed by atoms with Crippen LogP contribution < -0.4 is 5.32 Å². The van der Waals surface area contributed by atoms with E-state index < -0.39 is 6.10 Å². The fraction of sp³-hybridized carbons (Fsp3) is 0.714. The Hall–Kier alpha value is -0.940. The maximum atomic E-state index is 9.32. The third-order valence-corrected chi connectivity index (χ3v) is 2.13. The Bertz CT molecular complexity index is 266. The third kappa shape index (κ3) is 1.11. The van der Waals surface area contributed by atoms with E-state index in [1.54, 1.807) is 13.3 Å². The summed E-state index contributed by atoms with van der Waals surface area (Å²) in [6, 6.07) is 0.421. The SMILES string of the molecule is CC(O)c1nncn1C1CNC1. The number of nitrogens with zero attached hydrogens (tertiary/aromatic N) is 3. The normalized spacial score (nSPS) is 20.5. The van der Waals surface area contributed by atoms with Crippen LogP contribution in [0.5, 0.6) is 0 Å². The first-order valence-electron chi connectivity index (χ1n) is 4.07. The van der Waals surface area contributed by atoms with Crippen molar-refractivity contribution in [1.29, 1.82) is 0 Å². The van der Waals surface area contributed by atoms with Gasteiger partial charge in [0.15, 0.2) is 5.82 Å². The van der Waals surface area contributed by atoms with Crippen molar-refractivity contribution in [3.8, 4) is 0 Å². The molecule has 0 aliphatic carbocycles. The number of rotatable bonds is 2. The predicted molar refractivity (Wildman–Crippen MR) is 42.6 cm³/mol. The van der Waals surface area contributed by atoms with Crippen molar-refractivity contribution in [2.45, 2.75) is 19.1 Å². The lowest BCUT2D eigenvalue weighted by molar-refractivity contribution is 0.175. The molecule has 2 rings (SSSR count). The predicted octanol–water partition coefficient (Wildman–Crippen LogP) is -0.524. The zero-order chi connectivity index (χ0) is 8.55. The molecular weight excluding hydrogens is 156 g/mol. The molecule has 1 unspecified atom stereocenters. The fourth-order valence-electron chi connectivity index (χ4n) is 1.30. The van der Waals surface area contributed by atoms with Gasteiger partial charge in [0.1, 0.15) is 12.4 Å². The Labute approximate surface area is 70.4 Å². The summed E-state index contributed by atoms with van der Waals surface area (Å²) < 4.78 is 1.93. The number of hydrogen-bond donors (Lipinski definition) is 2. The van der Waals surface area contributed by atoms with Crippen LogP contribution in [0.4, 0.5) is 0 Å². The molecule has 0 amide bonds. The van der Waals surface area contributed by atoms with Gasteiger partial charge in [-0.15, -0.1) is 10.2 Å². The minimum atomic E-state index is -0.534. The average molecular weight is 168 g/mol. The zero-order valence-electron chi connectivity index (χ0n) is 6.94. The first kappa shape index (κ1) is 7.70. The molecule has 5 heteroatoms. The summed E-state index contributed by atoms with van der Waals surface area (Å²) in [6.45, 7) is 3.59. The topological polar surface area (TPSA) is 63.0 Å². The first-order valence-corrected chi connectivity index (χ1v) is 4.07. The number of nitrogens with one attached hydrogen (secondary N) is 1. The molecule has 1 aromatic rings. The quantitative estimate of drug-likeness (QED) is 0.623. The fourth-order valence-corrected chi connectivity index (χ4v) is 1.30. The largest absolute Gasteiger partial charge is 0.385 e. The maximum absolute atomic E-state index is 9.32. The van der Waals surface area contributed by atoms with Gasteiger partial charge in [0.25, 0.3) is 0 Å². The van der Waals surface area contributed by atoms with Crippen molar-refractivity contribution in [3.63, 3.8) is 0 Å². The second-order valence-corrected chi connectivity index (χ2v) is 3.08. The molecule has 2 heterocycles. The van der Waals surface area contributed by atoms with Crippen LogP contribution in [0.25, 0.3) is 0 Å². The van der Waals surface area contributed by atoms with Gasteiger partial charge in [-0.1, -0.05) is 0 Å². The Kier molecular flexibility index (Phi) is 1.82. The van der Waals surface area contributed by atoms with Crippen molar-refractivity contribution in [3.05, 3.63) is 12.2 Å². The van der Waals surface area contributed by atoms with Crippen LogP contribution in [-0.2, 0) is 0 Å². The van der Waals surface area contributed by atoms with Crippen LogP contribution in [0.3, 0.4) is 0 Å². The number of hydrogen-bond acceptors (Lipinski definition) is 4. The molecule has 0 spiro atoms. The molecule has 12 heavy (non-hydrogen) atoms. The summed E-state index contributed by atoms with van der Waals surface area (Å²) in [5, 5.41) is 20.1. The van der Waals surface area contributed by atoms with Gasteiger partial charge >= 0.3 is 0 Å². The van der Waals surface area contributed by atoms with Crippen LogP contribution in [0.2, 0.25) is 0 Å². The van der Waals surface area contributed by atoms with E-state index in [9.17, 15) is 5.11 Å². The Morgan fingerprint density at radius 1 is 1.75 bits per heavy atom. The van der Waals surface area contributed by atoms with E-state index in [0.29, 0.717) is 11.9 Å². The molecule has 66 valence electrons. The van der Waals surface area contributed by atoms with Crippen molar-refractivity contribution in [2.75, 3.05) is 13.1 Å². The monoisotopic (exact) mass is 168 g/mol. The van der Waals surface area contributed by atoms with Gasteiger partial charge < -0.3 is 15.0 Å². The summed E-state index contributed by atoms with van der Waals surface area (Å²) >= 11 is 0. The number of aliphatic hydroxyl groups is 1. The van der Waals surface area contributed by atoms with Crippen molar-refractivity contribution in [2.24, 2.45) is 0 Å². The van der Waals surface area contributed by atoms with Crippen molar-refractivity contribution in [1.82, 2.24) is 20.1 Å². The molecule has 5 nitrogen and oxygen atoms in total. The molecule has 0 aromatic carbocycles. The van der Waals surface area contributed by atoms with Gasteiger partial charge in [0, 0.05) is 13.1 Å². The van der Waals surface area contributed by atoms with E-state index in [0.717, 1.165) is 13.1 Å². The van der Waals surface area contributed by atoms with Gasteiger partial charge in [-0.3, -0.25) is 0 Å². The molecule has 1 aromatic heterocycles. The standard InChI is InChI=1S/C7H12N4O/c1-5(12)7-10-9-4-11(7)6-2-8-3-6/h4-6,8,12H,2-3H2,1H3. The minimum absolute atomic E-state index is 0.421. The second kappa shape index (κ2) is 2.84.